The molecule has 0 radical (unpaired) electrons. The van der Waals surface area contributed by atoms with Gasteiger partial charge in [0.25, 0.3) is 0 Å². The topological polar surface area (TPSA) is 36.9 Å². The lowest BCUT2D eigenvalue weighted by atomic mass is 9.82. The van der Waals surface area contributed by atoms with E-state index < -0.39 is 90.8 Å². The fraction of sp³-hybridized carbons (Fsp3) is 1.00. The number of rotatable bonds is 12. The molecule has 0 aliphatic heterocycles. The molecule has 308 valence electrons. The number of hydrogen-bond donors (Lipinski definition) is 0. The monoisotopic (exact) mass is 852 g/mol. The average Bonchev–Trinajstić information content (AvgIpc) is 2.70. The van der Waals surface area contributed by atoms with E-state index in [0.717, 1.165) is 9.47 Å². The van der Waals surface area contributed by atoms with Gasteiger partial charge in [-0.1, -0.05) is 0 Å². The largest absolute Gasteiger partial charge is 0.483 e. The third-order valence-electron chi connectivity index (χ3n) is 4.91. The minimum absolute atomic E-state index is 0.625. The van der Waals surface area contributed by atoms with Gasteiger partial charge < -0.3 is 0 Å². The quantitative estimate of drug-likeness (QED) is 0.183. The summed E-state index contributed by atoms with van der Waals surface area (Å²) in [5.74, 6) is -18.0. The van der Waals surface area contributed by atoms with E-state index in [0.29, 0.717) is 9.47 Å². The fourth-order valence-corrected chi connectivity index (χ4v) is 2.63. The van der Waals surface area contributed by atoms with Crippen LogP contribution in [0.5, 0.6) is 0 Å². The third-order valence-corrected chi connectivity index (χ3v) is 4.91. The highest BCUT2D eigenvalue weighted by Gasteiger charge is 2.98. The SMILES string of the molecule is FC(F)(F)C(F)(F)OC(F)(C(F)(F)F)C(F)(F)OC(F)(F)C(C(F)(F)F)(C(F)(F)F)C(F)(F)OC(F)(F)C(F)(OC(F)(F)C(F)(F)F)C(F)(F)F. The highest BCUT2D eigenvalue weighted by atomic mass is 19.5. The Morgan fingerprint density at radius 2 is 0.373 bits per heavy atom. The summed E-state index contributed by atoms with van der Waals surface area (Å²) in [6.45, 7) is 0. The van der Waals surface area contributed by atoms with E-state index in [9.17, 15) is 140 Å². The number of halogens is 32. The fourth-order valence-electron chi connectivity index (χ4n) is 2.63. The molecule has 51 heavy (non-hydrogen) atoms. The zero-order valence-corrected chi connectivity index (χ0v) is 21.2. The molecule has 0 saturated heterocycles. The standard InChI is InChI=1S/C15F32O4/c16-2(6(24,25)26,48-14(44,45)8(30,31)32)12(40,41)50-10(36,37)1(4(18,19)20,5(21,22)23)11(38,39)51-13(42,43)3(17,7(27,28)29)49-15(46,47)9(33,34)35. The van der Waals surface area contributed by atoms with Crippen LogP contribution in [0, 0.1) is 5.41 Å². The first-order valence-electron chi connectivity index (χ1n) is 10.2. The Morgan fingerprint density at radius 1 is 0.176 bits per heavy atom. The lowest BCUT2D eigenvalue weighted by Crippen LogP contribution is -2.75. The summed E-state index contributed by atoms with van der Waals surface area (Å²) < 4.78 is 424. The van der Waals surface area contributed by atoms with Gasteiger partial charge in [0.1, 0.15) is 0 Å². The van der Waals surface area contributed by atoms with Gasteiger partial charge in [-0.2, -0.15) is 140 Å². The molecule has 0 saturated carbocycles. The van der Waals surface area contributed by atoms with Crippen molar-refractivity contribution < 1.29 is 159 Å². The Morgan fingerprint density at radius 3 is 0.510 bits per heavy atom. The normalized spacial score (nSPS) is 18.8. The van der Waals surface area contributed by atoms with E-state index in [1.54, 1.807) is 0 Å². The second kappa shape index (κ2) is 12.3. The summed E-state index contributed by atoms with van der Waals surface area (Å²) >= 11 is 0. The van der Waals surface area contributed by atoms with E-state index in [2.05, 4.69) is 0 Å². The van der Waals surface area contributed by atoms with Gasteiger partial charge in [-0.3, -0.25) is 9.47 Å². The van der Waals surface area contributed by atoms with Crippen LogP contribution in [-0.4, -0.2) is 85.4 Å². The molecule has 0 heterocycles. The van der Waals surface area contributed by atoms with Crippen molar-refractivity contribution in [3.63, 3.8) is 0 Å². The molecule has 36 heteroatoms. The van der Waals surface area contributed by atoms with Crippen LogP contribution in [0.15, 0.2) is 0 Å². The molecular weight excluding hydrogens is 852 g/mol. The minimum atomic E-state index is -10.1. The van der Waals surface area contributed by atoms with Crippen LogP contribution in [0.2, 0.25) is 0 Å². The van der Waals surface area contributed by atoms with Crippen molar-refractivity contribution in [2.75, 3.05) is 0 Å². The van der Waals surface area contributed by atoms with E-state index in [1.807, 2.05) is 0 Å². The van der Waals surface area contributed by atoms with E-state index in [-0.39, 0.29) is 0 Å². The van der Waals surface area contributed by atoms with Crippen LogP contribution in [0.1, 0.15) is 0 Å². The maximum atomic E-state index is 14.3. The van der Waals surface area contributed by atoms with E-state index in [1.165, 1.54) is 0 Å². The third kappa shape index (κ3) is 7.95. The van der Waals surface area contributed by atoms with Crippen molar-refractivity contribution in [3.05, 3.63) is 0 Å². The van der Waals surface area contributed by atoms with E-state index >= 15 is 0 Å². The predicted octanol–water partition coefficient (Wildman–Crippen LogP) is 10.3. The molecule has 0 aliphatic rings. The molecule has 0 N–H and O–H groups in total. The Labute approximate surface area is 252 Å². The maximum absolute atomic E-state index is 14.3. The van der Waals surface area contributed by atoms with Gasteiger partial charge in [0, 0.05) is 0 Å². The van der Waals surface area contributed by atoms with Gasteiger partial charge in [0.2, 0.25) is 0 Å². The molecule has 0 amide bonds. The van der Waals surface area contributed by atoms with Crippen molar-refractivity contribution in [2.24, 2.45) is 5.41 Å². The van der Waals surface area contributed by atoms with Crippen molar-refractivity contribution >= 4 is 0 Å². The van der Waals surface area contributed by atoms with Crippen LogP contribution in [-0.2, 0) is 18.9 Å². The van der Waals surface area contributed by atoms with Gasteiger partial charge in [-0.15, -0.1) is 0 Å². The smallest absolute Gasteiger partial charge is 0.260 e. The zero-order valence-electron chi connectivity index (χ0n) is 21.2. The van der Waals surface area contributed by atoms with Gasteiger partial charge in [0.05, 0.1) is 0 Å². The van der Waals surface area contributed by atoms with Crippen LogP contribution in [0.25, 0.3) is 0 Å². The summed E-state index contributed by atoms with van der Waals surface area (Å²) in [5.41, 5.74) is -10.1. The molecule has 0 aromatic rings. The Balaban J connectivity index is 8.07. The lowest BCUT2D eigenvalue weighted by molar-refractivity contribution is -0.607. The Kier molecular flexibility index (Phi) is 11.7. The van der Waals surface area contributed by atoms with Crippen LogP contribution in [0.3, 0.4) is 0 Å². The average molecular weight is 852 g/mol. The second-order valence-electron chi connectivity index (χ2n) is 8.44. The summed E-state index contributed by atoms with van der Waals surface area (Å²) in [5, 5.41) is 0. The number of hydrogen-bond acceptors (Lipinski definition) is 4. The summed E-state index contributed by atoms with van der Waals surface area (Å²) in [6.07, 6.45) is -107. The second-order valence-corrected chi connectivity index (χ2v) is 8.44. The summed E-state index contributed by atoms with van der Waals surface area (Å²) in [4.78, 5) is 0. The van der Waals surface area contributed by atoms with Gasteiger partial charge >= 0.3 is 90.8 Å². The summed E-state index contributed by atoms with van der Waals surface area (Å²) in [7, 11) is 0. The first kappa shape index (κ1) is 48.6. The molecule has 0 rings (SSSR count). The number of ether oxygens (including phenoxy) is 4. The molecular formula is C15F32O4. The molecule has 0 aromatic carbocycles. The molecule has 0 aliphatic carbocycles. The first-order valence-corrected chi connectivity index (χ1v) is 10.2. The molecule has 2 unspecified atom stereocenters. The molecule has 0 bridgehead atoms. The van der Waals surface area contributed by atoms with Crippen molar-refractivity contribution in [3.8, 4) is 0 Å². The van der Waals surface area contributed by atoms with Crippen LogP contribution >= 0.6 is 0 Å². The maximum Gasteiger partial charge on any atom is 0.483 e. The lowest BCUT2D eigenvalue weighted by Gasteiger charge is -2.47. The van der Waals surface area contributed by atoms with Crippen LogP contribution in [0.4, 0.5) is 140 Å². The van der Waals surface area contributed by atoms with Crippen LogP contribution < -0.4 is 0 Å². The number of alkyl halides is 32. The molecule has 4 nitrogen and oxygen atoms in total. The predicted molar refractivity (Wildman–Crippen MR) is 80.5 cm³/mol. The molecule has 2 atom stereocenters. The van der Waals surface area contributed by atoms with Crippen molar-refractivity contribution in [1.82, 2.24) is 0 Å². The van der Waals surface area contributed by atoms with Crippen molar-refractivity contribution in [2.45, 2.75) is 85.4 Å². The van der Waals surface area contributed by atoms with Gasteiger partial charge in [0.15, 0.2) is 0 Å². The minimum Gasteiger partial charge on any atom is -0.260 e. The molecule has 0 fully saturated rings. The Bertz CT molecular complexity index is 1120. The van der Waals surface area contributed by atoms with Gasteiger partial charge in [-0.05, 0) is 0 Å². The van der Waals surface area contributed by atoms with E-state index in [4.69, 9.17) is 0 Å². The Hall–Kier alpha value is -2.40. The zero-order chi connectivity index (χ0) is 42.3. The molecule has 0 spiro atoms. The summed E-state index contributed by atoms with van der Waals surface area (Å²) in [6, 6.07) is 0. The highest BCUT2D eigenvalue weighted by molar-refractivity contribution is 5.08. The molecule has 0 aromatic heterocycles. The highest BCUT2D eigenvalue weighted by Crippen LogP contribution is 2.69. The van der Waals surface area contributed by atoms with Gasteiger partial charge in [-0.25, -0.2) is 9.47 Å². The first-order chi connectivity index (χ1) is 21.3. The van der Waals surface area contributed by atoms with Crippen molar-refractivity contribution in [1.29, 1.82) is 0 Å².